The van der Waals surface area contributed by atoms with Crippen molar-refractivity contribution >= 4 is 23.6 Å². The van der Waals surface area contributed by atoms with Gasteiger partial charge >= 0.3 is 5.97 Å². The fourth-order valence-electron chi connectivity index (χ4n) is 1.26. The first kappa shape index (κ1) is 16.2. The van der Waals surface area contributed by atoms with E-state index in [1.807, 2.05) is 13.8 Å². The molecule has 0 heterocycles. The van der Waals surface area contributed by atoms with Crippen molar-refractivity contribution in [2.24, 2.45) is 5.73 Å². The summed E-state index contributed by atoms with van der Waals surface area (Å²) in [5.41, 5.74) is 5.54. The SMILES string of the molecule is CCC(CC)NC(=O)CSCC(N)C(=O)OC. The minimum Gasteiger partial charge on any atom is -0.468 e. The molecule has 0 rings (SSSR count). The highest BCUT2D eigenvalue weighted by Gasteiger charge is 2.14. The van der Waals surface area contributed by atoms with Gasteiger partial charge in [-0.2, -0.15) is 0 Å². The minimum absolute atomic E-state index is 0.0132. The second kappa shape index (κ2) is 9.30. The summed E-state index contributed by atoms with van der Waals surface area (Å²) in [4.78, 5) is 22.5. The lowest BCUT2D eigenvalue weighted by molar-refractivity contribution is -0.141. The zero-order chi connectivity index (χ0) is 13.3. The lowest BCUT2D eigenvalue weighted by Gasteiger charge is -2.14. The number of methoxy groups -OCH3 is 1. The number of ether oxygens (including phenoxy) is 1. The third-order valence-electron chi connectivity index (χ3n) is 2.39. The molecule has 0 aromatic heterocycles. The Morgan fingerprint density at radius 2 is 1.94 bits per heavy atom. The molecule has 0 aliphatic rings. The van der Waals surface area contributed by atoms with Crippen LogP contribution in [0, 0.1) is 0 Å². The normalized spacial score (nSPS) is 12.3. The number of carbonyl (C=O) groups is 2. The van der Waals surface area contributed by atoms with Gasteiger partial charge in [0.1, 0.15) is 6.04 Å². The summed E-state index contributed by atoms with van der Waals surface area (Å²) in [6.07, 6.45) is 1.85. The van der Waals surface area contributed by atoms with Gasteiger partial charge < -0.3 is 15.8 Å². The first-order chi connectivity index (χ1) is 8.04. The predicted octanol–water partition coefficient (Wildman–Crippen LogP) is 0.525. The van der Waals surface area contributed by atoms with Crippen LogP contribution in [0.2, 0.25) is 0 Å². The maximum absolute atomic E-state index is 11.5. The number of nitrogens with two attached hydrogens (primary N) is 1. The van der Waals surface area contributed by atoms with Gasteiger partial charge in [-0.05, 0) is 12.8 Å². The smallest absolute Gasteiger partial charge is 0.323 e. The average molecular weight is 262 g/mol. The van der Waals surface area contributed by atoms with Crippen LogP contribution < -0.4 is 11.1 Å². The highest BCUT2D eigenvalue weighted by Crippen LogP contribution is 2.04. The van der Waals surface area contributed by atoms with E-state index in [9.17, 15) is 9.59 Å². The summed E-state index contributed by atoms with van der Waals surface area (Å²) in [5.74, 6) is 0.253. The second-order valence-corrected chi connectivity index (χ2v) is 4.76. The molecular weight excluding hydrogens is 240 g/mol. The molecule has 0 spiro atoms. The van der Waals surface area contributed by atoms with E-state index in [1.165, 1.54) is 18.9 Å². The van der Waals surface area contributed by atoms with E-state index in [0.29, 0.717) is 11.5 Å². The van der Waals surface area contributed by atoms with Crippen molar-refractivity contribution in [1.29, 1.82) is 0 Å². The van der Waals surface area contributed by atoms with E-state index in [2.05, 4.69) is 10.1 Å². The first-order valence-electron chi connectivity index (χ1n) is 5.75. The van der Waals surface area contributed by atoms with Crippen LogP contribution in [0.1, 0.15) is 26.7 Å². The van der Waals surface area contributed by atoms with Crippen LogP contribution in [-0.4, -0.2) is 42.6 Å². The molecule has 100 valence electrons. The van der Waals surface area contributed by atoms with Gasteiger partial charge in [0, 0.05) is 11.8 Å². The van der Waals surface area contributed by atoms with Crippen molar-refractivity contribution in [3.63, 3.8) is 0 Å². The molecule has 0 aromatic rings. The van der Waals surface area contributed by atoms with Gasteiger partial charge in [0.25, 0.3) is 0 Å². The highest BCUT2D eigenvalue weighted by atomic mass is 32.2. The number of thioether (sulfide) groups is 1. The maximum atomic E-state index is 11.5. The zero-order valence-electron chi connectivity index (χ0n) is 10.7. The lowest BCUT2D eigenvalue weighted by atomic mass is 10.2. The van der Waals surface area contributed by atoms with Gasteiger partial charge in [-0.3, -0.25) is 9.59 Å². The van der Waals surface area contributed by atoms with Crippen LogP contribution in [0.3, 0.4) is 0 Å². The number of hydrogen-bond donors (Lipinski definition) is 2. The largest absolute Gasteiger partial charge is 0.468 e. The summed E-state index contributed by atoms with van der Waals surface area (Å²) < 4.78 is 4.49. The molecule has 0 radical (unpaired) electrons. The quantitative estimate of drug-likeness (QED) is 0.623. The standard InChI is InChI=1S/C11H22N2O3S/c1-4-8(5-2)13-10(14)7-17-6-9(12)11(15)16-3/h8-9H,4-7,12H2,1-3H3,(H,13,14). The molecular formula is C11H22N2O3S. The molecule has 0 saturated carbocycles. The van der Waals surface area contributed by atoms with Crippen molar-refractivity contribution in [1.82, 2.24) is 5.32 Å². The van der Waals surface area contributed by atoms with Crippen LogP contribution in [-0.2, 0) is 14.3 Å². The van der Waals surface area contributed by atoms with Crippen molar-refractivity contribution in [3.05, 3.63) is 0 Å². The number of hydrogen-bond acceptors (Lipinski definition) is 5. The molecule has 0 aliphatic carbocycles. The maximum Gasteiger partial charge on any atom is 0.323 e. The number of esters is 1. The van der Waals surface area contributed by atoms with Gasteiger partial charge in [-0.1, -0.05) is 13.8 Å². The molecule has 3 N–H and O–H groups in total. The Bertz CT molecular complexity index is 245. The summed E-state index contributed by atoms with van der Waals surface area (Å²) in [7, 11) is 1.30. The van der Waals surface area contributed by atoms with Gasteiger partial charge in [0.2, 0.25) is 5.91 Å². The van der Waals surface area contributed by atoms with Crippen LogP contribution in [0.15, 0.2) is 0 Å². The second-order valence-electron chi connectivity index (χ2n) is 3.73. The molecule has 5 nitrogen and oxygen atoms in total. The minimum atomic E-state index is -0.661. The molecule has 0 bridgehead atoms. The van der Waals surface area contributed by atoms with Crippen molar-refractivity contribution < 1.29 is 14.3 Å². The molecule has 0 aliphatic heterocycles. The molecule has 1 atom stereocenters. The summed E-state index contributed by atoms with van der Waals surface area (Å²) in [6, 6.07) is -0.427. The van der Waals surface area contributed by atoms with Gasteiger partial charge in [0.15, 0.2) is 0 Å². The van der Waals surface area contributed by atoms with E-state index >= 15 is 0 Å². The molecule has 1 amide bonds. The fraction of sp³-hybridized carbons (Fsp3) is 0.818. The van der Waals surface area contributed by atoms with E-state index in [0.717, 1.165) is 12.8 Å². The number of nitrogens with one attached hydrogen (secondary N) is 1. The van der Waals surface area contributed by atoms with Gasteiger partial charge in [0.05, 0.1) is 12.9 Å². The molecule has 1 unspecified atom stereocenters. The van der Waals surface area contributed by atoms with Crippen LogP contribution in [0.25, 0.3) is 0 Å². The monoisotopic (exact) mass is 262 g/mol. The summed E-state index contributed by atoms with van der Waals surface area (Å²) >= 11 is 1.34. The summed E-state index contributed by atoms with van der Waals surface area (Å²) in [6.45, 7) is 4.07. The Balaban J connectivity index is 3.74. The van der Waals surface area contributed by atoms with Crippen molar-refractivity contribution in [2.75, 3.05) is 18.6 Å². The first-order valence-corrected chi connectivity index (χ1v) is 6.91. The van der Waals surface area contributed by atoms with Crippen molar-refractivity contribution in [3.8, 4) is 0 Å². The van der Waals surface area contributed by atoms with E-state index in [4.69, 9.17) is 5.73 Å². The van der Waals surface area contributed by atoms with Gasteiger partial charge in [-0.25, -0.2) is 0 Å². The Hall–Kier alpha value is -0.750. The topological polar surface area (TPSA) is 81.4 Å². The molecule has 0 saturated heterocycles. The molecule has 0 aromatic carbocycles. The Morgan fingerprint density at radius 1 is 1.35 bits per heavy atom. The van der Waals surface area contributed by atoms with Crippen LogP contribution in [0.5, 0.6) is 0 Å². The predicted molar refractivity (Wildman–Crippen MR) is 69.8 cm³/mol. The zero-order valence-corrected chi connectivity index (χ0v) is 11.5. The number of rotatable bonds is 8. The Morgan fingerprint density at radius 3 is 2.41 bits per heavy atom. The average Bonchev–Trinajstić information content (AvgIpc) is 2.34. The molecule has 17 heavy (non-hydrogen) atoms. The number of carbonyl (C=O) groups excluding carboxylic acids is 2. The fourth-order valence-corrected chi connectivity index (χ4v) is 2.04. The molecule has 6 heteroatoms. The van der Waals surface area contributed by atoms with Gasteiger partial charge in [-0.15, -0.1) is 11.8 Å². The van der Waals surface area contributed by atoms with E-state index < -0.39 is 12.0 Å². The third-order valence-corrected chi connectivity index (χ3v) is 3.45. The van der Waals surface area contributed by atoms with Crippen molar-refractivity contribution in [2.45, 2.75) is 38.8 Å². The molecule has 0 fully saturated rings. The lowest BCUT2D eigenvalue weighted by Crippen LogP contribution is -2.37. The Labute approximate surface area is 107 Å². The van der Waals surface area contributed by atoms with E-state index in [-0.39, 0.29) is 11.9 Å². The highest BCUT2D eigenvalue weighted by molar-refractivity contribution is 8.00. The van der Waals surface area contributed by atoms with Crippen LogP contribution in [0.4, 0.5) is 0 Å². The van der Waals surface area contributed by atoms with E-state index in [1.54, 1.807) is 0 Å². The van der Waals surface area contributed by atoms with Crippen LogP contribution >= 0.6 is 11.8 Å². The third kappa shape index (κ3) is 7.23. The Kier molecular flexibility index (Phi) is 8.89. The number of amides is 1. The summed E-state index contributed by atoms with van der Waals surface area (Å²) in [5, 5.41) is 2.92.